The van der Waals surface area contributed by atoms with Gasteiger partial charge in [0.1, 0.15) is 0 Å². The summed E-state index contributed by atoms with van der Waals surface area (Å²) < 4.78 is 29.1. The Labute approximate surface area is 199 Å². The zero-order valence-corrected chi connectivity index (χ0v) is 19.4. The molecule has 4 rings (SSSR count). The van der Waals surface area contributed by atoms with E-state index in [9.17, 15) is 13.6 Å². The quantitative estimate of drug-likeness (QED) is 0.323. The number of benzene rings is 3. The number of rotatable bonds is 8. The number of nitrogens with one attached hydrogen (secondary N) is 1. The van der Waals surface area contributed by atoms with Gasteiger partial charge in [0.25, 0.3) is 5.91 Å². The van der Waals surface area contributed by atoms with Gasteiger partial charge in [0, 0.05) is 30.9 Å². The van der Waals surface area contributed by atoms with Crippen LogP contribution in [0.4, 0.5) is 8.78 Å². The molecule has 5 heteroatoms. The Morgan fingerprint density at radius 3 is 2.09 bits per heavy atom. The van der Waals surface area contributed by atoms with Crippen LogP contribution in [0.1, 0.15) is 58.2 Å². The first kappa shape index (κ1) is 23.4. The predicted octanol–water partition coefficient (Wildman–Crippen LogP) is 6.46. The van der Waals surface area contributed by atoms with E-state index in [1.54, 1.807) is 0 Å². The van der Waals surface area contributed by atoms with Crippen LogP contribution in [0.3, 0.4) is 0 Å². The Morgan fingerprint density at radius 1 is 0.824 bits per heavy atom. The summed E-state index contributed by atoms with van der Waals surface area (Å²) in [5.74, 6) is -1.84. The van der Waals surface area contributed by atoms with Crippen LogP contribution in [-0.4, -0.2) is 10.5 Å². The van der Waals surface area contributed by atoms with Gasteiger partial charge in [0.05, 0.1) is 5.56 Å². The van der Waals surface area contributed by atoms with Gasteiger partial charge in [-0.05, 0) is 40.8 Å². The molecule has 0 aliphatic carbocycles. The van der Waals surface area contributed by atoms with E-state index >= 15 is 0 Å². The lowest BCUT2D eigenvalue weighted by atomic mass is 10.1. The molecule has 1 aromatic heterocycles. The highest BCUT2D eigenvalue weighted by Gasteiger charge is 2.22. The maximum atomic E-state index is 13.6. The minimum atomic E-state index is -0.923. The fraction of sp³-hybridized carbons (Fsp3) is 0.207. The van der Waals surface area contributed by atoms with Crippen molar-refractivity contribution in [1.29, 1.82) is 0 Å². The molecule has 3 aromatic carbocycles. The Morgan fingerprint density at radius 2 is 1.47 bits per heavy atom. The van der Waals surface area contributed by atoms with Gasteiger partial charge in [-0.1, -0.05) is 80.6 Å². The van der Waals surface area contributed by atoms with Gasteiger partial charge in [-0.15, -0.1) is 0 Å². The van der Waals surface area contributed by atoms with E-state index in [1.807, 2.05) is 42.5 Å². The van der Waals surface area contributed by atoms with Gasteiger partial charge in [-0.2, -0.15) is 0 Å². The molecule has 0 spiro atoms. The van der Waals surface area contributed by atoms with Crippen molar-refractivity contribution < 1.29 is 13.6 Å². The maximum absolute atomic E-state index is 13.6. The van der Waals surface area contributed by atoms with Crippen molar-refractivity contribution in [2.45, 2.75) is 39.3 Å². The van der Waals surface area contributed by atoms with Crippen LogP contribution in [0, 0.1) is 11.6 Å². The summed E-state index contributed by atoms with van der Waals surface area (Å²) in [4.78, 5) is 13.3. The summed E-state index contributed by atoms with van der Waals surface area (Å²) in [5, 5.41) is 2.89. The summed E-state index contributed by atoms with van der Waals surface area (Å²) in [6.07, 6.45) is 0.605. The van der Waals surface area contributed by atoms with Crippen LogP contribution < -0.4 is 5.32 Å². The molecule has 0 bridgehead atoms. The highest BCUT2D eigenvalue weighted by atomic mass is 19.2. The van der Waals surface area contributed by atoms with E-state index in [1.165, 1.54) is 6.07 Å². The first-order valence-corrected chi connectivity index (χ1v) is 11.4. The predicted molar refractivity (Wildman–Crippen MR) is 131 cm³/mol. The standard InChI is InChI=1S/C29H28F2N2O/c1-20(2)27-17-24(29(34)32-18-23-13-14-25(30)26(31)15-23)28(16-21-9-5-3-6-10-21)33(27)19-22-11-7-4-8-12-22/h3-15,17,20H,16,18-19H2,1-2H3,(H,32,34). The second-order valence-electron chi connectivity index (χ2n) is 8.75. The second-order valence-corrected chi connectivity index (χ2v) is 8.75. The molecule has 0 unspecified atom stereocenters. The third kappa shape index (κ3) is 5.42. The van der Waals surface area contributed by atoms with Gasteiger partial charge < -0.3 is 9.88 Å². The van der Waals surface area contributed by atoms with Crippen LogP contribution in [0.2, 0.25) is 0 Å². The normalized spacial score (nSPS) is 11.1. The van der Waals surface area contributed by atoms with Crippen molar-refractivity contribution >= 4 is 5.91 Å². The molecular weight excluding hydrogens is 430 g/mol. The largest absolute Gasteiger partial charge is 0.348 e. The Hall–Kier alpha value is -3.73. The Balaban J connectivity index is 1.70. The second kappa shape index (κ2) is 10.5. The number of carbonyl (C=O) groups excluding carboxylic acids is 1. The lowest BCUT2D eigenvalue weighted by Crippen LogP contribution is -2.24. The molecule has 174 valence electrons. The number of carbonyl (C=O) groups is 1. The minimum Gasteiger partial charge on any atom is -0.348 e. The highest BCUT2D eigenvalue weighted by Crippen LogP contribution is 2.27. The van der Waals surface area contributed by atoms with E-state index in [0.29, 0.717) is 24.1 Å². The SMILES string of the molecule is CC(C)c1cc(C(=O)NCc2ccc(F)c(F)c2)c(Cc2ccccc2)n1Cc1ccccc1. The summed E-state index contributed by atoms with van der Waals surface area (Å²) >= 11 is 0. The molecule has 0 atom stereocenters. The first-order valence-electron chi connectivity index (χ1n) is 11.4. The zero-order chi connectivity index (χ0) is 24.1. The fourth-order valence-electron chi connectivity index (χ4n) is 4.15. The van der Waals surface area contributed by atoms with Crippen molar-refractivity contribution in [3.05, 3.63) is 130 Å². The topological polar surface area (TPSA) is 34.0 Å². The molecule has 0 saturated carbocycles. The van der Waals surface area contributed by atoms with Gasteiger partial charge in [0.15, 0.2) is 11.6 Å². The number of nitrogens with zero attached hydrogens (tertiary/aromatic N) is 1. The monoisotopic (exact) mass is 458 g/mol. The number of aromatic nitrogens is 1. The first-order chi connectivity index (χ1) is 16.4. The van der Waals surface area contributed by atoms with Crippen LogP contribution in [0.15, 0.2) is 84.9 Å². The van der Waals surface area contributed by atoms with E-state index in [-0.39, 0.29) is 18.4 Å². The zero-order valence-electron chi connectivity index (χ0n) is 19.4. The van der Waals surface area contributed by atoms with Crippen molar-refractivity contribution in [1.82, 2.24) is 9.88 Å². The molecular formula is C29H28F2N2O. The molecule has 3 nitrogen and oxygen atoms in total. The molecule has 0 saturated heterocycles. The van der Waals surface area contributed by atoms with Gasteiger partial charge in [-0.25, -0.2) is 8.78 Å². The summed E-state index contributed by atoms with van der Waals surface area (Å²) in [6, 6.07) is 25.9. The minimum absolute atomic E-state index is 0.113. The van der Waals surface area contributed by atoms with Gasteiger partial charge in [-0.3, -0.25) is 4.79 Å². The van der Waals surface area contributed by atoms with E-state index < -0.39 is 11.6 Å². The molecule has 4 aromatic rings. The van der Waals surface area contributed by atoms with Crippen LogP contribution in [-0.2, 0) is 19.5 Å². The Bertz CT molecular complexity index is 1260. The molecule has 1 amide bonds. The lowest BCUT2D eigenvalue weighted by Gasteiger charge is -2.17. The molecule has 0 aliphatic heterocycles. The summed E-state index contributed by atoms with van der Waals surface area (Å²) in [7, 11) is 0. The number of hydrogen-bond acceptors (Lipinski definition) is 1. The Kier molecular flexibility index (Phi) is 7.21. The number of hydrogen-bond donors (Lipinski definition) is 1. The molecule has 1 heterocycles. The molecule has 0 fully saturated rings. The van der Waals surface area contributed by atoms with Gasteiger partial charge >= 0.3 is 0 Å². The van der Waals surface area contributed by atoms with Crippen molar-refractivity contribution in [2.24, 2.45) is 0 Å². The highest BCUT2D eigenvalue weighted by molar-refractivity contribution is 5.96. The smallest absolute Gasteiger partial charge is 0.253 e. The third-order valence-corrected chi connectivity index (χ3v) is 5.91. The average Bonchev–Trinajstić information content (AvgIpc) is 3.19. The van der Waals surface area contributed by atoms with Crippen molar-refractivity contribution in [3.63, 3.8) is 0 Å². The molecule has 34 heavy (non-hydrogen) atoms. The fourth-order valence-corrected chi connectivity index (χ4v) is 4.15. The van der Waals surface area contributed by atoms with E-state index in [2.05, 4.69) is 48.0 Å². The van der Waals surface area contributed by atoms with Crippen LogP contribution >= 0.6 is 0 Å². The maximum Gasteiger partial charge on any atom is 0.253 e. The van der Waals surface area contributed by atoms with Gasteiger partial charge in [0.2, 0.25) is 0 Å². The van der Waals surface area contributed by atoms with E-state index in [0.717, 1.165) is 34.6 Å². The van der Waals surface area contributed by atoms with E-state index in [4.69, 9.17) is 0 Å². The lowest BCUT2D eigenvalue weighted by molar-refractivity contribution is 0.0950. The molecule has 0 radical (unpaired) electrons. The summed E-state index contributed by atoms with van der Waals surface area (Å²) in [5.41, 5.74) is 5.38. The van der Waals surface area contributed by atoms with Crippen molar-refractivity contribution in [3.8, 4) is 0 Å². The summed E-state index contributed by atoms with van der Waals surface area (Å²) in [6.45, 7) is 5.01. The molecule has 0 aliphatic rings. The average molecular weight is 459 g/mol. The van der Waals surface area contributed by atoms with Crippen molar-refractivity contribution in [2.75, 3.05) is 0 Å². The van der Waals surface area contributed by atoms with Crippen LogP contribution in [0.5, 0.6) is 0 Å². The molecule has 1 N–H and O–H groups in total. The van der Waals surface area contributed by atoms with Crippen LogP contribution in [0.25, 0.3) is 0 Å². The number of halogens is 2. The third-order valence-electron chi connectivity index (χ3n) is 5.91. The number of amides is 1.